The van der Waals surface area contributed by atoms with E-state index in [4.69, 9.17) is 0 Å². The third kappa shape index (κ3) is 3.93. The van der Waals surface area contributed by atoms with Gasteiger partial charge in [-0.25, -0.2) is 4.98 Å². The second kappa shape index (κ2) is 6.16. The van der Waals surface area contributed by atoms with Crippen molar-refractivity contribution in [2.45, 2.75) is 12.8 Å². The number of hydrogen-bond donors (Lipinski definition) is 1. The summed E-state index contributed by atoms with van der Waals surface area (Å²) < 4.78 is 2.01. The molecule has 1 aliphatic rings. The van der Waals surface area contributed by atoms with Crippen LogP contribution in [0.1, 0.15) is 12.8 Å². The van der Waals surface area contributed by atoms with Gasteiger partial charge in [-0.1, -0.05) is 0 Å². The molecule has 0 aliphatic carbocycles. The van der Waals surface area contributed by atoms with Gasteiger partial charge in [-0.2, -0.15) is 0 Å². The van der Waals surface area contributed by atoms with Crippen LogP contribution in [0.4, 0.5) is 5.82 Å². The highest BCUT2D eigenvalue weighted by molar-refractivity contribution is 9.11. The fourth-order valence-electron chi connectivity index (χ4n) is 2.05. The molecule has 0 atom stereocenters. The van der Waals surface area contributed by atoms with Crippen LogP contribution in [-0.2, 0) is 0 Å². The van der Waals surface area contributed by atoms with Crippen LogP contribution in [0.15, 0.2) is 21.2 Å². The number of nitrogens with zero attached hydrogens (tertiary/aromatic N) is 2. The van der Waals surface area contributed by atoms with Gasteiger partial charge in [0.25, 0.3) is 0 Å². The normalized spacial score (nSPS) is 18.3. The van der Waals surface area contributed by atoms with Crippen LogP contribution in [-0.4, -0.2) is 36.6 Å². The Balaban J connectivity index is 1.85. The molecule has 1 aromatic rings. The smallest absolute Gasteiger partial charge is 0.140 e. The zero-order valence-corrected chi connectivity index (χ0v) is 13.1. The second-order valence-electron chi connectivity index (χ2n) is 4.61. The third-order valence-corrected chi connectivity index (χ3v) is 4.24. The van der Waals surface area contributed by atoms with Gasteiger partial charge < -0.3 is 10.2 Å². The van der Waals surface area contributed by atoms with Crippen molar-refractivity contribution in [2.75, 3.05) is 32.0 Å². The SMILES string of the molecule is CN1CCC(CNc2ncc(Br)cc2Br)CC1. The zero-order chi connectivity index (χ0) is 12.3. The number of nitrogens with one attached hydrogen (secondary N) is 1. The Morgan fingerprint density at radius 3 is 2.76 bits per heavy atom. The molecule has 1 saturated heterocycles. The molecule has 1 aliphatic heterocycles. The predicted octanol–water partition coefficient (Wildman–Crippen LogP) is 3.36. The molecule has 5 heteroatoms. The number of likely N-dealkylation sites (tertiary alicyclic amines) is 1. The average Bonchev–Trinajstić information content (AvgIpc) is 2.30. The summed E-state index contributed by atoms with van der Waals surface area (Å²) in [5, 5.41) is 3.43. The monoisotopic (exact) mass is 361 g/mol. The van der Waals surface area contributed by atoms with E-state index < -0.39 is 0 Å². The molecule has 0 spiro atoms. The first kappa shape index (κ1) is 13.3. The van der Waals surface area contributed by atoms with E-state index in [-0.39, 0.29) is 0 Å². The van der Waals surface area contributed by atoms with Crippen LogP contribution in [0.5, 0.6) is 0 Å². The maximum Gasteiger partial charge on any atom is 0.140 e. The Morgan fingerprint density at radius 1 is 1.41 bits per heavy atom. The van der Waals surface area contributed by atoms with E-state index in [0.717, 1.165) is 27.2 Å². The quantitative estimate of drug-likeness (QED) is 0.893. The van der Waals surface area contributed by atoms with Crippen molar-refractivity contribution >= 4 is 37.7 Å². The van der Waals surface area contributed by atoms with Crippen LogP contribution in [0.25, 0.3) is 0 Å². The lowest BCUT2D eigenvalue weighted by atomic mass is 9.97. The van der Waals surface area contributed by atoms with Crippen LogP contribution < -0.4 is 5.32 Å². The fourth-order valence-corrected chi connectivity index (χ4v) is 3.18. The molecule has 0 saturated carbocycles. The molecule has 0 amide bonds. The van der Waals surface area contributed by atoms with Gasteiger partial charge in [-0.05, 0) is 76.8 Å². The van der Waals surface area contributed by atoms with E-state index in [0.29, 0.717) is 0 Å². The first-order chi connectivity index (χ1) is 8.15. The molecule has 1 aromatic heterocycles. The van der Waals surface area contributed by atoms with Crippen molar-refractivity contribution in [3.05, 3.63) is 21.2 Å². The third-order valence-electron chi connectivity index (χ3n) is 3.20. The van der Waals surface area contributed by atoms with Crippen LogP contribution in [0, 0.1) is 5.92 Å². The Hall–Kier alpha value is -0.130. The molecule has 1 N–H and O–H groups in total. The van der Waals surface area contributed by atoms with Crippen molar-refractivity contribution < 1.29 is 0 Å². The highest BCUT2D eigenvalue weighted by Crippen LogP contribution is 2.24. The summed E-state index contributed by atoms with van der Waals surface area (Å²) >= 11 is 6.92. The van der Waals surface area contributed by atoms with Gasteiger partial charge in [0.15, 0.2) is 0 Å². The fraction of sp³-hybridized carbons (Fsp3) is 0.583. The van der Waals surface area contributed by atoms with Gasteiger partial charge in [0.1, 0.15) is 5.82 Å². The lowest BCUT2D eigenvalue weighted by Gasteiger charge is -2.29. The molecule has 17 heavy (non-hydrogen) atoms. The van der Waals surface area contributed by atoms with Crippen molar-refractivity contribution in [3.63, 3.8) is 0 Å². The average molecular weight is 363 g/mol. The van der Waals surface area contributed by atoms with Gasteiger partial charge in [-0.3, -0.25) is 0 Å². The van der Waals surface area contributed by atoms with E-state index >= 15 is 0 Å². The molecule has 1 fully saturated rings. The molecule has 0 aromatic carbocycles. The van der Waals surface area contributed by atoms with E-state index in [9.17, 15) is 0 Å². The Morgan fingerprint density at radius 2 is 2.12 bits per heavy atom. The molecular weight excluding hydrogens is 346 g/mol. The van der Waals surface area contributed by atoms with E-state index in [1.165, 1.54) is 25.9 Å². The highest BCUT2D eigenvalue weighted by atomic mass is 79.9. The summed E-state index contributed by atoms with van der Waals surface area (Å²) in [6, 6.07) is 2.02. The minimum Gasteiger partial charge on any atom is -0.369 e. The summed E-state index contributed by atoms with van der Waals surface area (Å²) in [5.41, 5.74) is 0. The van der Waals surface area contributed by atoms with Crippen molar-refractivity contribution in [2.24, 2.45) is 5.92 Å². The lowest BCUT2D eigenvalue weighted by Crippen LogP contribution is -2.33. The Kier molecular flexibility index (Phi) is 4.82. The molecule has 2 rings (SSSR count). The number of anilines is 1. The summed E-state index contributed by atoms with van der Waals surface area (Å²) in [7, 11) is 2.19. The summed E-state index contributed by atoms with van der Waals surface area (Å²) in [6.07, 6.45) is 4.37. The van der Waals surface area contributed by atoms with Crippen LogP contribution in [0.3, 0.4) is 0 Å². The van der Waals surface area contributed by atoms with Gasteiger partial charge in [-0.15, -0.1) is 0 Å². The van der Waals surface area contributed by atoms with Gasteiger partial charge in [0, 0.05) is 17.2 Å². The summed E-state index contributed by atoms with van der Waals surface area (Å²) in [4.78, 5) is 6.76. The number of aromatic nitrogens is 1. The maximum atomic E-state index is 4.36. The summed E-state index contributed by atoms with van der Waals surface area (Å²) in [6.45, 7) is 3.43. The molecule has 0 bridgehead atoms. The van der Waals surface area contributed by atoms with Gasteiger partial charge >= 0.3 is 0 Å². The van der Waals surface area contributed by atoms with Crippen molar-refractivity contribution in [3.8, 4) is 0 Å². The van der Waals surface area contributed by atoms with Crippen molar-refractivity contribution in [1.29, 1.82) is 0 Å². The standard InChI is InChI=1S/C12H17Br2N3/c1-17-4-2-9(3-5-17)7-15-12-11(14)6-10(13)8-16-12/h6,8-9H,2-5,7H2,1H3,(H,15,16). The Bertz CT molecular complexity index is 376. The molecule has 0 unspecified atom stereocenters. The van der Waals surface area contributed by atoms with Crippen LogP contribution in [0.2, 0.25) is 0 Å². The molecule has 0 radical (unpaired) electrons. The lowest BCUT2D eigenvalue weighted by molar-refractivity contribution is 0.226. The number of piperidine rings is 1. The largest absolute Gasteiger partial charge is 0.369 e. The van der Waals surface area contributed by atoms with E-state index in [1.54, 1.807) is 0 Å². The number of halogens is 2. The Labute approximate surface area is 119 Å². The van der Waals surface area contributed by atoms with Crippen molar-refractivity contribution in [1.82, 2.24) is 9.88 Å². The summed E-state index contributed by atoms with van der Waals surface area (Å²) in [5.74, 6) is 1.70. The number of hydrogen-bond acceptors (Lipinski definition) is 3. The van der Waals surface area contributed by atoms with E-state index in [1.807, 2.05) is 12.3 Å². The minimum atomic E-state index is 0.767. The van der Waals surface area contributed by atoms with Crippen LogP contribution >= 0.6 is 31.9 Å². The maximum absolute atomic E-state index is 4.36. The minimum absolute atomic E-state index is 0.767. The van der Waals surface area contributed by atoms with Gasteiger partial charge in [0.05, 0.1) is 4.47 Å². The first-order valence-electron chi connectivity index (χ1n) is 5.88. The molecule has 2 heterocycles. The second-order valence-corrected chi connectivity index (χ2v) is 6.38. The van der Waals surface area contributed by atoms with Gasteiger partial charge in [0.2, 0.25) is 0 Å². The number of rotatable bonds is 3. The zero-order valence-electron chi connectivity index (χ0n) is 9.92. The number of pyridine rings is 1. The molecule has 3 nitrogen and oxygen atoms in total. The highest BCUT2D eigenvalue weighted by Gasteiger charge is 2.16. The first-order valence-corrected chi connectivity index (χ1v) is 7.47. The topological polar surface area (TPSA) is 28.2 Å². The molecule has 94 valence electrons. The van der Waals surface area contributed by atoms with E-state index in [2.05, 4.69) is 54.1 Å². The predicted molar refractivity (Wildman–Crippen MR) is 78.3 cm³/mol. The molecular formula is C12H17Br2N3.